The summed E-state index contributed by atoms with van der Waals surface area (Å²) in [4.78, 5) is 16.2. The van der Waals surface area contributed by atoms with Crippen molar-refractivity contribution < 1.29 is 27.4 Å². The molecule has 27 heavy (non-hydrogen) atoms. The Hall–Kier alpha value is -2.06. The maximum absolute atomic E-state index is 13.1. The molecular formula is C19H18F3NO3S. The molecule has 0 N–H and O–H groups in total. The number of ether oxygens (including phenoxy) is 2. The molecule has 1 fully saturated rings. The first-order valence-corrected chi connectivity index (χ1v) is 9.61. The zero-order valence-corrected chi connectivity index (χ0v) is 15.2. The summed E-state index contributed by atoms with van der Waals surface area (Å²) < 4.78 is 46.4. The molecule has 2 unspecified atom stereocenters. The van der Waals surface area contributed by atoms with Gasteiger partial charge >= 0.3 is 6.36 Å². The molecule has 0 bridgehead atoms. The van der Waals surface area contributed by atoms with E-state index in [2.05, 4.69) is 10.8 Å². The number of fused-ring (bicyclic) bond motifs is 1. The highest BCUT2D eigenvalue weighted by molar-refractivity contribution is 7.10. The van der Waals surface area contributed by atoms with Crippen LogP contribution in [0, 0.1) is 5.92 Å². The summed E-state index contributed by atoms with van der Waals surface area (Å²) in [6, 6.07) is 7.18. The molecule has 1 aromatic heterocycles. The Labute approximate surface area is 158 Å². The van der Waals surface area contributed by atoms with Crippen LogP contribution in [0.1, 0.15) is 33.3 Å². The molecule has 2 aromatic rings. The van der Waals surface area contributed by atoms with Gasteiger partial charge in [0.1, 0.15) is 5.75 Å². The summed E-state index contributed by atoms with van der Waals surface area (Å²) in [5, 5.41) is 2.05. The van der Waals surface area contributed by atoms with Crippen LogP contribution in [0.4, 0.5) is 13.2 Å². The van der Waals surface area contributed by atoms with Crippen LogP contribution >= 0.6 is 11.3 Å². The van der Waals surface area contributed by atoms with Gasteiger partial charge in [-0.2, -0.15) is 0 Å². The average molecular weight is 397 g/mol. The minimum atomic E-state index is -4.75. The van der Waals surface area contributed by atoms with Crippen molar-refractivity contribution in [2.45, 2.75) is 25.2 Å². The van der Waals surface area contributed by atoms with Crippen molar-refractivity contribution in [3.63, 3.8) is 0 Å². The number of carbonyl (C=O) groups excluding carboxylic acids is 1. The van der Waals surface area contributed by atoms with Crippen LogP contribution in [-0.2, 0) is 11.2 Å². The molecule has 2 aliphatic rings. The van der Waals surface area contributed by atoms with Gasteiger partial charge in [-0.05, 0) is 54.1 Å². The van der Waals surface area contributed by atoms with Crippen LogP contribution in [0.5, 0.6) is 5.75 Å². The molecule has 0 aliphatic carbocycles. The highest BCUT2D eigenvalue weighted by atomic mass is 32.1. The smallest absolute Gasteiger partial charge is 0.406 e. The van der Waals surface area contributed by atoms with E-state index in [1.54, 1.807) is 11.3 Å². The Kier molecular flexibility index (Phi) is 4.86. The van der Waals surface area contributed by atoms with E-state index in [1.165, 1.54) is 34.7 Å². The highest BCUT2D eigenvalue weighted by Gasteiger charge is 2.39. The topological polar surface area (TPSA) is 38.8 Å². The lowest BCUT2D eigenvalue weighted by atomic mass is 9.89. The number of amides is 1. The molecule has 0 spiro atoms. The number of hydrogen-bond donors (Lipinski definition) is 0. The molecule has 2 atom stereocenters. The zero-order chi connectivity index (χ0) is 19.0. The van der Waals surface area contributed by atoms with Crippen molar-refractivity contribution in [1.29, 1.82) is 0 Å². The summed E-state index contributed by atoms with van der Waals surface area (Å²) in [5.74, 6) is -0.275. The number of halogens is 3. The standard InChI is InChI=1S/C19H18F3NO3S/c20-19(21,22)26-15-3-1-13(2-4-15)18(24)23-8-5-12-7-10-27-17(12)16(23)14-6-9-25-11-14/h1-4,7,10,14,16H,5-6,8-9,11H2. The predicted octanol–water partition coefficient (Wildman–Crippen LogP) is 4.42. The molecule has 0 radical (unpaired) electrons. The van der Waals surface area contributed by atoms with Crippen molar-refractivity contribution in [2.24, 2.45) is 5.92 Å². The molecule has 1 amide bonds. The van der Waals surface area contributed by atoms with E-state index < -0.39 is 6.36 Å². The second-order valence-electron chi connectivity index (χ2n) is 6.70. The van der Waals surface area contributed by atoms with E-state index >= 15 is 0 Å². The quantitative estimate of drug-likeness (QED) is 0.770. The van der Waals surface area contributed by atoms with Crippen LogP contribution in [0.2, 0.25) is 0 Å². The zero-order valence-electron chi connectivity index (χ0n) is 14.4. The average Bonchev–Trinajstić information content (AvgIpc) is 3.31. The first-order chi connectivity index (χ1) is 12.9. The lowest BCUT2D eigenvalue weighted by molar-refractivity contribution is -0.274. The minimum absolute atomic E-state index is 0.0464. The maximum atomic E-state index is 13.1. The van der Waals surface area contributed by atoms with Gasteiger partial charge in [-0.15, -0.1) is 24.5 Å². The molecule has 3 heterocycles. The van der Waals surface area contributed by atoms with Crippen LogP contribution in [0.25, 0.3) is 0 Å². The van der Waals surface area contributed by atoms with Crippen molar-refractivity contribution >= 4 is 17.2 Å². The van der Waals surface area contributed by atoms with Gasteiger partial charge in [0.25, 0.3) is 5.91 Å². The first-order valence-electron chi connectivity index (χ1n) is 8.73. The molecule has 8 heteroatoms. The monoisotopic (exact) mass is 397 g/mol. The lowest BCUT2D eigenvalue weighted by Gasteiger charge is -2.38. The number of rotatable bonds is 3. The highest BCUT2D eigenvalue weighted by Crippen LogP contribution is 2.42. The van der Waals surface area contributed by atoms with Crippen molar-refractivity contribution in [1.82, 2.24) is 4.90 Å². The van der Waals surface area contributed by atoms with E-state index in [0.717, 1.165) is 12.8 Å². The molecule has 0 saturated carbocycles. The van der Waals surface area contributed by atoms with E-state index in [4.69, 9.17) is 4.74 Å². The summed E-state index contributed by atoms with van der Waals surface area (Å²) in [5.41, 5.74) is 1.63. The molecule has 2 aliphatic heterocycles. The number of alkyl halides is 3. The molecule has 144 valence electrons. The number of benzene rings is 1. The van der Waals surface area contributed by atoms with Crippen molar-refractivity contribution in [3.8, 4) is 5.75 Å². The van der Waals surface area contributed by atoms with Crippen molar-refractivity contribution in [3.05, 3.63) is 51.7 Å². The molecule has 4 nitrogen and oxygen atoms in total. The SMILES string of the molecule is O=C(c1ccc(OC(F)(F)F)cc1)N1CCc2ccsc2C1C1CCOC1. The summed E-state index contributed by atoms with van der Waals surface area (Å²) in [6.45, 7) is 1.89. The van der Waals surface area contributed by atoms with Gasteiger partial charge in [0.2, 0.25) is 0 Å². The summed E-state index contributed by atoms with van der Waals surface area (Å²) >= 11 is 1.65. The Balaban J connectivity index is 1.58. The van der Waals surface area contributed by atoms with E-state index in [9.17, 15) is 18.0 Å². The van der Waals surface area contributed by atoms with Gasteiger partial charge in [0.05, 0.1) is 12.6 Å². The fourth-order valence-corrected chi connectivity index (χ4v) is 4.96. The van der Waals surface area contributed by atoms with Gasteiger partial charge in [-0.25, -0.2) is 0 Å². The third-order valence-corrected chi connectivity index (χ3v) is 6.04. The van der Waals surface area contributed by atoms with Crippen LogP contribution in [-0.4, -0.2) is 36.9 Å². The fourth-order valence-electron chi connectivity index (χ4n) is 3.80. The van der Waals surface area contributed by atoms with Gasteiger partial charge in [-0.1, -0.05) is 0 Å². The molecule has 1 aromatic carbocycles. The Morgan fingerprint density at radius 3 is 2.67 bits per heavy atom. The largest absolute Gasteiger partial charge is 0.573 e. The number of hydrogen-bond acceptors (Lipinski definition) is 4. The third-order valence-electron chi connectivity index (χ3n) is 5.01. The Bertz CT molecular complexity index is 812. The van der Waals surface area contributed by atoms with Crippen molar-refractivity contribution in [2.75, 3.05) is 19.8 Å². The normalized spacial score (nSPS) is 22.6. The Morgan fingerprint density at radius 2 is 2.00 bits per heavy atom. The van der Waals surface area contributed by atoms with Gasteiger partial charge in [0, 0.05) is 29.5 Å². The second-order valence-corrected chi connectivity index (χ2v) is 7.65. The Morgan fingerprint density at radius 1 is 1.22 bits per heavy atom. The maximum Gasteiger partial charge on any atom is 0.573 e. The first kappa shape index (κ1) is 18.3. The summed E-state index contributed by atoms with van der Waals surface area (Å²) in [6.07, 6.45) is -3.07. The van der Waals surface area contributed by atoms with Crippen LogP contribution in [0.3, 0.4) is 0 Å². The van der Waals surface area contributed by atoms with Gasteiger partial charge in [0.15, 0.2) is 0 Å². The number of carbonyl (C=O) groups is 1. The molecule has 1 saturated heterocycles. The fraction of sp³-hybridized carbons (Fsp3) is 0.421. The molecular weight excluding hydrogens is 379 g/mol. The predicted molar refractivity (Wildman–Crippen MR) is 93.9 cm³/mol. The second kappa shape index (κ2) is 7.16. The van der Waals surface area contributed by atoms with E-state index in [1.807, 2.05) is 10.3 Å². The number of thiophene rings is 1. The number of nitrogens with zero attached hydrogens (tertiary/aromatic N) is 1. The van der Waals surface area contributed by atoms with Gasteiger partial charge < -0.3 is 14.4 Å². The van der Waals surface area contributed by atoms with E-state index in [0.29, 0.717) is 25.3 Å². The van der Waals surface area contributed by atoms with E-state index in [-0.39, 0.29) is 23.6 Å². The van der Waals surface area contributed by atoms with Crippen LogP contribution in [0.15, 0.2) is 35.7 Å². The molecule has 4 rings (SSSR count). The third kappa shape index (κ3) is 3.82. The summed E-state index contributed by atoms with van der Waals surface area (Å²) in [7, 11) is 0. The minimum Gasteiger partial charge on any atom is -0.406 e. The lowest BCUT2D eigenvalue weighted by Crippen LogP contribution is -2.42. The van der Waals surface area contributed by atoms with Gasteiger partial charge in [-0.3, -0.25) is 4.79 Å². The van der Waals surface area contributed by atoms with Crippen LogP contribution < -0.4 is 4.74 Å².